The van der Waals surface area contributed by atoms with Crippen LogP contribution in [0, 0.1) is 0 Å². The average molecular weight is 287 g/mol. The van der Waals surface area contributed by atoms with Crippen molar-refractivity contribution in [3.8, 4) is 0 Å². The first-order valence-electron chi connectivity index (χ1n) is 6.13. The molecule has 0 aliphatic rings. The first-order valence-corrected chi connectivity index (χ1v) is 7.57. The summed E-state index contributed by atoms with van der Waals surface area (Å²) < 4.78 is 27.6. The molecule has 19 heavy (non-hydrogen) atoms. The second kappa shape index (κ2) is 7.44. The van der Waals surface area contributed by atoms with Gasteiger partial charge < -0.3 is 10.8 Å². The van der Waals surface area contributed by atoms with Gasteiger partial charge in [-0.2, -0.15) is 12.7 Å². The number of nitrogens with two attached hydrogens (primary N) is 1. The van der Waals surface area contributed by atoms with Crippen molar-refractivity contribution in [3.05, 3.63) is 29.8 Å². The van der Waals surface area contributed by atoms with Crippen LogP contribution in [0.1, 0.15) is 12.0 Å². The lowest BCUT2D eigenvalue weighted by molar-refractivity contribution is 0.299. The van der Waals surface area contributed by atoms with E-state index in [1.165, 1.54) is 11.4 Å². The lowest BCUT2D eigenvalue weighted by Crippen LogP contribution is -2.34. The van der Waals surface area contributed by atoms with Gasteiger partial charge in [0, 0.05) is 25.9 Å². The van der Waals surface area contributed by atoms with E-state index >= 15 is 0 Å². The molecule has 1 aromatic carbocycles. The Hall–Kier alpha value is -1.15. The van der Waals surface area contributed by atoms with Gasteiger partial charge in [0.25, 0.3) is 0 Å². The van der Waals surface area contributed by atoms with Gasteiger partial charge in [-0.1, -0.05) is 12.1 Å². The Morgan fingerprint density at radius 3 is 2.47 bits per heavy atom. The number of aliphatic hydroxyl groups excluding tert-OH is 1. The molecule has 0 saturated heterocycles. The molecule has 6 nitrogen and oxygen atoms in total. The zero-order valence-corrected chi connectivity index (χ0v) is 11.9. The first kappa shape index (κ1) is 15.9. The molecule has 0 aliphatic heterocycles. The Morgan fingerprint density at radius 1 is 1.32 bits per heavy atom. The molecule has 0 amide bonds. The van der Waals surface area contributed by atoms with Crippen LogP contribution in [-0.2, 0) is 16.6 Å². The predicted octanol–water partition coefficient (Wildman–Crippen LogP) is 0.159. The Labute approximate surface area is 114 Å². The minimum Gasteiger partial charge on any atom is -0.396 e. The second-order valence-corrected chi connectivity index (χ2v) is 6.02. The summed E-state index contributed by atoms with van der Waals surface area (Å²) in [7, 11) is -2.02. The number of hydrogen-bond donors (Lipinski definition) is 3. The van der Waals surface area contributed by atoms with Crippen LogP contribution in [0.5, 0.6) is 0 Å². The van der Waals surface area contributed by atoms with Crippen molar-refractivity contribution in [3.63, 3.8) is 0 Å². The van der Waals surface area contributed by atoms with Crippen molar-refractivity contribution in [1.29, 1.82) is 0 Å². The largest absolute Gasteiger partial charge is 0.396 e. The van der Waals surface area contributed by atoms with E-state index in [2.05, 4.69) is 4.72 Å². The molecule has 0 unspecified atom stereocenters. The molecule has 7 heteroatoms. The van der Waals surface area contributed by atoms with Gasteiger partial charge in [0.15, 0.2) is 0 Å². The summed E-state index contributed by atoms with van der Waals surface area (Å²) in [5.41, 5.74) is 6.82. The van der Waals surface area contributed by atoms with Crippen molar-refractivity contribution in [2.24, 2.45) is 5.73 Å². The summed E-state index contributed by atoms with van der Waals surface area (Å²) in [6.07, 6.45) is 1.18. The number of rotatable bonds is 8. The van der Waals surface area contributed by atoms with Crippen molar-refractivity contribution in [2.45, 2.75) is 12.8 Å². The summed E-state index contributed by atoms with van der Waals surface area (Å²) in [6.45, 7) is 0.914. The first-order chi connectivity index (χ1) is 8.99. The summed E-state index contributed by atoms with van der Waals surface area (Å²) in [5, 5.41) is 8.80. The van der Waals surface area contributed by atoms with Gasteiger partial charge in [0.1, 0.15) is 0 Å². The van der Waals surface area contributed by atoms with E-state index in [-0.39, 0.29) is 6.61 Å². The standard InChI is InChI=1S/C12H21N3O3S/c1-15(9-2-8-13)19(17,18)14-12-5-3-11(4-6-12)7-10-16/h3-6,14,16H,2,7-10,13H2,1H3. The van der Waals surface area contributed by atoms with Crippen molar-refractivity contribution < 1.29 is 13.5 Å². The Bertz CT molecular complexity index is 473. The van der Waals surface area contributed by atoms with Crippen molar-refractivity contribution >= 4 is 15.9 Å². The molecule has 0 heterocycles. The molecule has 0 aliphatic carbocycles. The van der Waals surface area contributed by atoms with Crippen molar-refractivity contribution in [2.75, 3.05) is 31.5 Å². The number of benzene rings is 1. The highest BCUT2D eigenvalue weighted by molar-refractivity contribution is 7.90. The summed E-state index contributed by atoms with van der Waals surface area (Å²) >= 11 is 0. The third-order valence-electron chi connectivity index (χ3n) is 2.69. The van der Waals surface area contributed by atoms with Crippen LogP contribution in [0.25, 0.3) is 0 Å². The van der Waals surface area contributed by atoms with Crippen LogP contribution in [0.2, 0.25) is 0 Å². The molecule has 0 radical (unpaired) electrons. The summed E-state index contributed by atoms with van der Waals surface area (Å²) in [6, 6.07) is 6.93. The van der Waals surface area contributed by atoms with Crippen LogP contribution < -0.4 is 10.5 Å². The smallest absolute Gasteiger partial charge is 0.301 e. The molecule has 0 spiro atoms. The summed E-state index contributed by atoms with van der Waals surface area (Å²) in [4.78, 5) is 0. The van der Waals surface area contributed by atoms with E-state index in [1.54, 1.807) is 24.3 Å². The van der Waals surface area contributed by atoms with Gasteiger partial charge in [0.05, 0.1) is 0 Å². The van der Waals surface area contributed by atoms with Crippen LogP contribution >= 0.6 is 0 Å². The molecule has 108 valence electrons. The van der Waals surface area contributed by atoms with Gasteiger partial charge in [-0.15, -0.1) is 0 Å². The molecule has 0 aromatic heterocycles. The molecular weight excluding hydrogens is 266 g/mol. The molecule has 0 bridgehead atoms. The molecule has 1 aromatic rings. The fourth-order valence-electron chi connectivity index (χ4n) is 1.53. The van der Waals surface area contributed by atoms with Crippen LogP contribution in [0.15, 0.2) is 24.3 Å². The monoisotopic (exact) mass is 287 g/mol. The highest BCUT2D eigenvalue weighted by Gasteiger charge is 2.16. The van der Waals surface area contributed by atoms with E-state index in [1.807, 2.05) is 0 Å². The predicted molar refractivity (Wildman–Crippen MR) is 76.1 cm³/mol. The number of aliphatic hydroxyl groups is 1. The minimum absolute atomic E-state index is 0.0763. The van der Waals surface area contributed by atoms with Crippen LogP contribution in [0.3, 0.4) is 0 Å². The van der Waals surface area contributed by atoms with Crippen LogP contribution in [-0.4, -0.2) is 44.6 Å². The zero-order valence-electron chi connectivity index (χ0n) is 11.0. The van der Waals surface area contributed by atoms with Gasteiger partial charge >= 0.3 is 10.2 Å². The third kappa shape index (κ3) is 5.15. The summed E-state index contributed by atoms with van der Waals surface area (Å²) in [5.74, 6) is 0. The number of nitrogens with zero attached hydrogens (tertiary/aromatic N) is 1. The van der Waals surface area contributed by atoms with E-state index in [9.17, 15) is 8.42 Å². The molecule has 0 saturated carbocycles. The van der Waals surface area contributed by atoms with Crippen molar-refractivity contribution in [1.82, 2.24) is 4.31 Å². The van der Waals surface area contributed by atoms with Gasteiger partial charge in [-0.25, -0.2) is 0 Å². The fraction of sp³-hybridized carbons (Fsp3) is 0.500. The van der Waals surface area contributed by atoms with E-state index in [4.69, 9.17) is 10.8 Å². The highest BCUT2D eigenvalue weighted by atomic mass is 32.2. The van der Waals surface area contributed by atoms with E-state index in [0.717, 1.165) is 5.56 Å². The maximum atomic E-state index is 12.0. The van der Waals surface area contributed by atoms with Gasteiger partial charge in [-0.05, 0) is 37.1 Å². The zero-order chi connectivity index (χ0) is 14.3. The highest BCUT2D eigenvalue weighted by Crippen LogP contribution is 2.13. The Balaban J connectivity index is 2.67. The quantitative estimate of drug-likeness (QED) is 0.634. The second-order valence-electron chi connectivity index (χ2n) is 4.24. The maximum absolute atomic E-state index is 12.0. The molecule has 4 N–H and O–H groups in total. The fourth-order valence-corrected chi connectivity index (χ4v) is 2.49. The average Bonchev–Trinajstić information content (AvgIpc) is 2.38. The molecule has 0 atom stereocenters. The van der Waals surface area contributed by atoms with E-state index in [0.29, 0.717) is 31.6 Å². The Kier molecular flexibility index (Phi) is 6.23. The molecule has 1 rings (SSSR count). The maximum Gasteiger partial charge on any atom is 0.301 e. The SMILES string of the molecule is CN(CCCN)S(=O)(=O)Nc1ccc(CCO)cc1. The lowest BCUT2D eigenvalue weighted by Gasteiger charge is -2.18. The van der Waals surface area contributed by atoms with E-state index < -0.39 is 10.2 Å². The van der Waals surface area contributed by atoms with Gasteiger partial charge in [0.2, 0.25) is 0 Å². The number of hydrogen-bond acceptors (Lipinski definition) is 4. The number of anilines is 1. The lowest BCUT2D eigenvalue weighted by atomic mass is 10.1. The molecular formula is C12H21N3O3S. The van der Waals surface area contributed by atoms with Gasteiger partial charge in [-0.3, -0.25) is 4.72 Å². The third-order valence-corrected chi connectivity index (χ3v) is 4.19. The minimum atomic E-state index is -3.53. The number of nitrogens with one attached hydrogen (secondary N) is 1. The van der Waals surface area contributed by atoms with Crippen LogP contribution in [0.4, 0.5) is 5.69 Å². The molecule has 0 fully saturated rings. The Morgan fingerprint density at radius 2 is 1.95 bits per heavy atom. The normalized spacial score (nSPS) is 11.8. The topological polar surface area (TPSA) is 95.7 Å².